The quantitative estimate of drug-likeness (QED) is 0.250. The lowest BCUT2D eigenvalue weighted by molar-refractivity contribution is 0.583. The number of rotatable bonds is 8. The molecule has 0 spiro atoms. The van der Waals surface area contributed by atoms with Crippen molar-refractivity contribution >= 4 is 47.9 Å². The Balaban J connectivity index is 0.00000306. The number of nitrogens with one attached hydrogen (secondary N) is 2. The first-order valence-corrected chi connectivity index (χ1v) is 10.0. The molecule has 0 aliphatic carbocycles. The van der Waals surface area contributed by atoms with Gasteiger partial charge in [0.25, 0.3) is 0 Å². The van der Waals surface area contributed by atoms with E-state index in [4.69, 9.17) is 22.3 Å². The summed E-state index contributed by atoms with van der Waals surface area (Å²) in [5.41, 5.74) is 12.5. The van der Waals surface area contributed by atoms with Gasteiger partial charge in [-0.15, -0.1) is 24.8 Å². The molecule has 11 heteroatoms. The average molecular weight is 527 g/mol. The lowest BCUT2D eigenvalue weighted by Crippen LogP contribution is -2.22. The standard InChI is InChI=1S/C24H25F3N6.2ClH/c1-32(20-8-6-14(23(28)29)10-18(20)25)12-16-4-3-5-17(22(16)27)13-33(2)21-9-7-15(24(30)31)11-19(21)26;;/h3-11H,12-13H2,1-2H3,(H3,28,29)(H3,30,31);2*1H. The van der Waals surface area contributed by atoms with Crippen LogP contribution in [0, 0.1) is 28.3 Å². The fraction of sp³-hybridized carbons (Fsp3) is 0.167. The van der Waals surface area contributed by atoms with Crippen molar-refractivity contribution < 1.29 is 13.2 Å². The highest BCUT2D eigenvalue weighted by atomic mass is 35.5. The summed E-state index contributed by atoms with van der Waals surface area (Å²) in [5, 5.41) is 14.8. The lowest BCUT2D eigenvalue weighted by Gasteiger charge is -2.23. The van der Waals surface area contributed by atoms with Crippen molar-refractivity contribution in [3.8, 4) is 0 Å². The van der Waals surface area contributed by atoms with Gasteiger partial charge in [-0.1, -0.05) is 18.2 Å². The summed E-state index contributed by atoms with van der Waals surface area (Å²) in [5.74, 6) is -2.06. The van der Waals surface area contributed by atoms with E-state index < -0.39 is 17.5 Å². The van der Waals surface area contributed by atoms with Gasteiger partial charge in [0.15, 0.2) is 0 Å². The van der Waals surface area contributed by atoms with Crippen molar-refractivity contribution in [3.63, 3.8) is 0 Å². The Bertz CT molecular complexity index is 1130. The van der Waals surface area contributed by atoms with Crippen LogP contribution in [-0.4, -0.2) is 25.8 Å². The molecule has 0 heterocycles. The maximum Gasteiger partial charge on any atom is 0.147 e. The van der Waals surface area contributed by atoms with Crippen LogP contribution >= 0.6 is 24.8 Å². The van der Waals surface area contributed by atoms with E-state index in [0.29, 0.717) is 11.1 Å². The molecule has 0 fully saturated rings. The molecule has 0 saturated carbocycles. The maximum atomic E-state index is 15.2. The van der Waals surface area contributed by atoms with Crippen molar-refractivity contribution in [2.75, 3.05) is 23.9 Å². The zero-order chi connectivity index (χ0) is 24.3. The van der Waals surface area contributed by atoms with Crippen molar-refractivity contribution in [2.45, 2.75) is 13.1 Å². The molecule has 0 unspecified atom stereocenters. The second-order valence-electron chi connectivity index (χ2n) is 7.76. The van der Waals surface area contributed by atoms with E-state index in [-0.39, 0.29) is 72.1 Å². The van der Waals surface area contributed by atoms with E-state index in [1.807, 2.05) is 0 Å². The fourth-order valence-corrected chi connectivity index (χ4v) is 3.53. The van der Waals surface area contributed by atoms with Crippen LogP contribution < -0.4 is 21.3 Å². The van der Waals surface area contributed by atoms with Gasteiger partial charge in [-0.3, -0.25) is 10.8 Å². The van der Waals surface area contributed by atoms with Gasteiger partial charge in [-0.2, -0.15) is 0 Å². The van der Waals surface area contributed by atoms with E-state index in [2.05, 4.69) is 0 Å². The summed E-state index contributed by atoms with van der Waals surface area (Å²) in [7, 11) is 3.27. The summed E-state index contributed by atoms with van der Waals surface area (Å²) >= 11 is 0. The van der Waals surface area contributed by atoms with Crippen LogP contribution in [0.2, 0.25) is 0 Å². The van der Waals surface area contributed by atoms with E-state index >= 15 is 4.39 Å². The molecule has 3 rings (SSSR count). The molecule has 35 heavy (non-hydrogen) atoms. The summed E-state index contributed by atoms with van der Waals surface area (Å²) in [6.07, 6.45) is 0. The predicted molar refractivity (Wildman–Crippen MR) is 140 cm³/mol. The van der Waals surface area contributed by atoms with Crippen LogP contribution in [0.4, 0.5) is 24.5 Å². The molecule has 0 aliphatic heterocycles. The number of benzene rings is 3. The third-order valence-corrected chi connectivity index (χ3v) is 5.31. The molecule has 3 aromatic carbocycles. The molecule has 6 N–H and O–H groups in total. The highest BCUT2D eigenvalue weighted by Gasteiger charge is 2.16. The number of hydrogen-bond acceptors (Lipinski definition) is 4. The lowest BCUT2D eigenvalue weighted by atomic mass is 10.1. The average Bonchev–Trinajstić information content (AvgIpc) is 2.75. The van der Waals surface area contributed by atoms with Crippen LogP contribution in [0.25, 0.3) is 0 Å². The molecule has 0 amide bonds. The van der Waals surface area contributed by atoms with Gasteiger partial charge in [0.2, 0.25) is 0 Å². The van der Waals surface area contributed by atoms with Gasteiger partial charge in [0, 0.05) is 49.4 Å². The smallest absolute Gasteiger partial charge is 0.147 e. The van der Waals surface area contributed by atoms with Crippen LogP contribution in [0.15, 0.2) is 54.6 Å². The molecule has 0 aliphatic rings. The predicted octanol–water partition coefficient (Wildman–Crippen LogP) is 4.79. The van der Waals surface area contributed by atoms with E-state index in [0.717, 1.165) is 0 Å². The third kappa shape index (κ3) is 6.80. The number of hydrogen-bond donors (Lipinski definition) is 4. The first-order chi connectivity index (χ1) is 15.6. The largest absolute Gasteiger partial charge is 0.384 e. The number of nitrogens with zero attached hydrogens (tertiary/aromatic N) is 2. The van der Waals surface area contributed by atoms with Gasteiger partial charge in [0.1, 0.15) is 29.1 Å². The number of nitrogen functional groups attached to an aromatic ring is 2. The van der Waals surface area contributed by atoms with Gasteiger partial charge < -0.3 is 21.3 Å². The second-order valence-corrected chi connectivity index (χ2v) is 7.76. The molecule has 0 saturated heterocycles. The molecule has 0 aromatic heterocycles. The fourth-order valence-electron chi connectivity index (χ4n) is 3.53. The molecular weight excluding hydrogens is 500 g/mol. The minimum absolute atomic E-state index is 0. The molecule has 6 nitrogen and oxygen atoms in total. The number of anilines is 2. The molecular formula is C24H27Cl2F3N6. The number of nitrogens with two attached hydrogens (primary N) is 2. The molecule has 0 bridgehead atoms. The second kappa shape index (κ2) is 12.3. The molecule has 0 atom stereocenters. The van der Waals surface area contributed by atoms with Crippen molar-refractivity contribution in [3.05, 3.63) is 94.3 Å². The van der Waals surface area contributed by atoms with Crippen LogP contribution in [0.3, 0.4) is 0 Å². The van der Waals surface area contributed by atoms with Crippen LogP contribution in [0.5, 0.6) is 0 Å². The van der Waals surface area contributed by atoms with E-state index in [1.165, 1.54) is 36.4 Å². The molecule has 188 valence electrons. The Morgan fingerprint density at radius 3 is 1.40 bits per heavy atom. The third-order valence-electron chi connectivity index (χ3n) is 5.31. The molecule has 3 aromatic rings. The van der Waals surface area contributed by atoms with Gasteiger partial charge in [-0.05, 0) is 36.4 Å². The van der Waals surface area contributed by atoms with Gasteiger partial charge in [0.05, 0.1) is 11.4 Å². The van der Waals surface area contributed by atoms with E-state index in [9.17, 15) is 8.78 Å². The molecule has 0 radical (unpaired) electrons. The van der Waals surface area contributed by atoms with Gasteiger partial charge in [-0.25, -0.2) is 13.2 Å². The Kier molecular flexibility index (Phi) is 10.4. The van der Waals surface area contributed by atoms with Crippen molar-refractivity contribution in [2.24, 2.45) is 11.5 Å². The Morgan fingerprint density at radius 1 is 0.714 bits per heavy atom. The van der Waals surface area contributed by atoms with Crippen LogP contribution in [-0.2, 0) is 13.1 Å². The van der Waals surface area contributed by atoms with Crippen molar-refractivity contribution in [1.82, 2.24) is 0 Å². The van der Waals surface area contributed by atoms with Crippen molar-refractivity contribution in [1.29, 1.82) is 10.8 Å². The maximum absolute atomic E-state index is 15.2. The summed E-state index contributed by atoms with van der Waals surface area (Å²) in [6, 6.07) is 13.3. The Labute approximate surface area is 214 Å². The Morgan fingerprint density at radius 2 is 1.09 bits per heavy atom. The SMILES string of the molecule is CN(Cc1cccc(CN(C)c2ccc(C(=N)N)cc2F)c1F)c1ccc(C(=N)N)cc1F.Cl.Cl. The first-order valence-electron chi connectivity index (χ1n) is 10.0. The van der Waals surface area contributed by atoms with Gasteiger partial charge >= 0.3 is 0 Å². The minimum atomic E-state index is -0.564. The zero-order valence-electron chi connectivity index (χ0n) is 19.1. The highest BCUT2D eigenvalue weighted by molar-refractivity contribution is 5.95. The number of halogens is 5. The van der Waals surface area contributed by atoms with E-state index in [1.54, 1.807) is 42.1 Å². The summed E-state index contributed by atoms with van der Waals surface area (Å²) < 4.78 is 44.2. The monoisotopic (exact) mass is 526 g/mol. The minimum Gasteiger partial charge on any atom is -0.384 e. The first kappa shape index (κ1) is 29.6. The highest BCUT2D eigenvalue weighted by Crippen LogP contribution is 2.25. The zero-order valence-corrected chi connectivity index (χ0v) is 20.7. The summed E-state index contributed by atoms with van der Waals surface area (Å²) in [4.78, 5) is 3.12. The Hall–Kier alpha value is -3.43. The van der Waals surface area contributed by atoms with Crippen LogP contribution in [0.1, 0.15) is 22.3 Å². The summed E-state index contributed by atoms with van der Waals surface area (Å²) in [6.45, 7) is 0.197. The topological polar surface area (TPSA) is 106 Å². The normalized spacial score (nSPS) is 10.1. The number of amidine groups is 2.